The summed E-state index contributed by atoms with van der Waals surface area (Å²) < 4.78 is 1.25. The summed E-state index contributed by atoms with van der Waals surface area (Å²) in [5.41, 5.74) is 5.93. The normalized spacial score (nSPS) is 10.7. The molecule has 0 aliphatic rings. The van der Waals surface area contributed by atoms with Gasteiger partial charge in [0.25, 0.3) is 5.69 Å². The topological polar surface area (TPSA) is 99.9 Å². The molecule has 0 saturated heterocycles. The highest BCUT2D eigenvalue weighted by atomic mass is 35.5. The first-order valence-corrected chi connectivity index (χ1v) is 6.03. The molecule has 7 nitrogen and oxygen atoms in total. The summed E-state index contributed by atoms with van der Waals surface area (Å²) in [6.07, 6.45) is 2.08. The maximum atomic E-state index is 11.0. The molecule has 0 bridgehead atoms. The van der Waals surface area contributed by atoms with Crippen molar-refractivity contribution < 1.29 is 4.92 Å². The molecule has 9 heteroatoms. The van der Waals surface area contributed by atoms with Gasteiger partial charge < -0.3 is 5.73 Å². The van der Waals surface area contributed by atoms with Crippen molar-refractivity contribution in [1.82, 2.24) is 15.0 Å². The van der Waals surface area contributed by atoms with E-state index in [0.717, 1.165) is 0 Å². The van der Waals surface area contributed by atoms with Crippen LogP contribution in [0.25, 0.3) is 5.69 Å². The first-order valence-electron chi connectivity index (χ1n) is 5.28. The molecule has 0 atom stereocenters. The molecule has 0 aliphatic carbocycles. The lowest BCUT2D eigenvalue weighted by Crippen LogP contribution is -2.03. The molecule has 1 aromatic heterocycles. The summed E-state index contributed by atoms with van der Waals surface area (Å²) in [5, 5.41) is 19.0. The number of nitrogens with two attached hydrogens (primary N) is 1. The number of nitrogens with zero attached hydrogens (tertiary/aromatic N) is 4. The number of nitro benzene ring substituents is 1. The molecular formula is C10H9Cl2N5O2. The molecule has 2 N–H and O–H groups in total. The van der Waals surface area contributed by atoms with Gasteiger partial charge in [0.2, 0.25) is 0 Å². The number of aromatic nitrogens is 3. The van der Waals surface area contributed by atoms with Crippen molar-refractivity contribution >= 4 is 28.9 Å². The molecule has 0 amide bonds. The SMILES string of the molecule is NCCc1cn(-c2c(Cl)cc(Cl)cc2[N+](=O)[O-])nn1. The summed E-state index contributed by atoms with van der Waals surface area (Å²) in [5.74, 6) is 0. The Hall–Kier alpha value is -1.70. The largest absolute Gasteiger partial charge is 0.330 e. The molecule has 0 saturated carbocycles. The van der Waals surface area contributed by atoms with E-state index in [9.17, 15) is 10.1 Å². The smallest absolute Gasteiger partial charge is 0.297 e. The fraction of sp³-hybridized carbons (Fsp3) is 0.200. The maximum Gasteiger partial charge on any atom is 0.297 e. The van der Waals surface area contributed by atoms with Gasteiger partial charge in [-0.05, 0) is 12.6 Å². The second-order valence-corrected chi connectivity index (χ2v) is 4.55. The highest BCUT2D eigenvalue weighted by molar-refractivity contribution is 6.36. The highest BCUT2D eigenvalue weighted by Crippen LogP contribution is 2.33. The van der Waals surface area contributed by atoms with Gasteiger partial charge in [0.05, 0.1) is 21.8 Å². The van der Waals surface area contributed by atoms with Gasteiger partial charge in [-0.2, -0.15) is 0 Å². The third-order valence-corrected chi connectivity index (χ3v) is 2.88. The third kappa shape index (κ3) is 2.83. The van der Waals surface area contributed by atoms with Crippen LogP contribution in [0, 0.1) is 10.1 Å². The first-order chi connectivity index (χ1) is 9.02. The van der Waals surface area contributed by atoms with Crippen molar-refractivity contribution in [3.05, 3.63) is 44.2 Å². The number of hydrogen-bond acceptors (Lipinski definition) is 5. The minimum absolute atomic E-state index is 0.128. The van der Waals surface area contributed by atoms with Crippen molar-refractivity contribution in [1.29, 1.82) is 0 Å². The van der Waals surface area contributed by atoms with Gasteiger partial charge in [-0.3, -0.25) is 10.1 Å². The van der Waals surface area contributed by atoms with E-state index < -0.39 is 4.92 Å². The molecule has 0 unspecified atom stereocenters. The Balaban J connectivity index is 2.56. The summed E-state index contributed by atoms with van der Waals surface area (Å²) in [4.78, 5) is 10.5. The van der Waals surface area contributed by atoms with Gasteiger partial charge in [-0.15, -0.1) is 5.10 Å². The number of halogens is 2. The molecule has 100 valence electrons. The van der Waals surface area contributed by atoms with Crippen LogP contribution in [0.1, 0.15) is 5.69 Å². The van der Waals surface area contributed by atoms with Crippen LogP contribution >= 0.6 is 23.2 Å². The van der Waals surface area contributed by atoms with Crippen LogP contribution < -0.4 is 5.73 Å². The van der Waals surface area contributed by atoms with E-state index in [0.29, 0.717) is 18.7 Å². The minimum atomic E-state index is -0.572. The maximum absolute atomic E-state index is 11.0. The molecule has 0 aliphatic heterocycles. The fourth-order valence-electron chi connectivity index (χ4n) is 1.59. The Kier molecular flexibility index (Phi) is 3.98. The van der Waals surface area contributed by atoms with Crippen molar-refractivity contribution in [2.45, 2.75) is 6.42 Å². The van der Waals surface area contributed by atoms with Gasteiger partial charge in [-0.25, -0.2) is 4.68 Å². The number of nitro groups is 1. The Bertz CT molecular complexity index is 628. The van der Waals surface area contributed by atoms with E-state index in [1.54, 1.807) is 6.20 Å². The molecule has 0 radical (unpaired) electrons. The van der Waals surface area contributed by atoms with Gasteiger partial charge >= 0.3 is 0 Å². The Labute approximate surface area is 118 Å². The quantitative estimate of drug-likeness (QED) is 0.687. The van der Waals surface area contributed by atoms with E-state index in [1.807, 2.05) is 0 Å². The van der Waals surface area contributed by atoms with Crippen LogP contribution in [0.4, 0.5) is 5.69 Å². The molecule has 1 heterocycles. The fourth-order valence-corrected chi connectivity index (χ4v) is 2.16. The minimum Gasteiger partial charge on any atom is -0.330 e. The zero-order valence-corrected chi connectivity index (χ0v) is 11.1. The highest BCUT2D eigenvalue weighted by Gasteiger charge is 2.21. The van der Waals surface area contributed by atoms with Gasteiger partial charge in [0.1, 0.15) is 0 Å². The van der Waals surface area contributed by atoms with E-state index in [2.05, 4.69) is 10.3 Å². The average Bonchev–Trinajstić information content (AvgIpc) is 2.76. The Morgan fingerprint density at radius 2 is 2.16 bits per heavy atom. The standard InChI is InChI=1S/C10H9Cl2N5O2/c11-6-3-8(12)10(9(4-6)17(18)19)16-5-7(1-2-13)14-15-16/h3-5H,1-2,13H2. The summed E-state index contributed by atoms with van der Waals surface area (Å²) in [6.45, 7) is 0.412. The van der Waals surface area contributed by atoms with E-state index in [-0.39, 0.29) is 21.4 Å². The van der Waals surface area contributed by atoms with Crippen LogP contribution in [-0.4, -0.2) is 26.5 Å². The number of benzene rings is 1. The Morgan fingerprint density at radius 1 is 1.42 bits per heavy atom. The molecule has 19 heavy (non-hydrogen) atoms. The van der Waals surface area contributed by atoms with E-state index in [4.69, 9.17) is 28.9 Å². The molecule has 0 fully saturated rings. The van der Waals surface area contributed by atoms with Crippen LogP contribution in [0.15, 0.2) is 18.3 Å². The van der Waals surface area contributed by atoms with Crippen molar-refractivity contribution in [2.75, 3.05) is 6.54 Å². The summed E-state index contributed by atoms with van der Waals surface area (Å²) in [7, 11) is 0. The van der Waals surface area contributed by atoms with Crippen LogP contribution in [0.3, 0.4) is 0 Å². The van der Waals surface area contributed by atoms with Crippen LogP contribution in [0.2, 0.25) is 10.0 Å². The summed E-state index contributed by atoms with van der Waals surface area (Å²) in [6, 6.07) is 2.63. The molecular weight excluding hydrogens is 293 g/mol. The molecule has 2 aromatic rings. The predicted molar refractivity (Wildman–Crippen MR) is 70.8 cm³/mol. The zero-order valence-electron chi connectivity index (χ0n) is 9.58. The second-order valence-electron chi connectivity index (χ2n) is 3.71. The molecule has 1 aromatic carbocycles. The monoisotopic (exact) mass is 301 g/mol. The third-order valence-electron chi connectivity index (χ3n) is 2.38. The lowest BCUT2D eigenvalue weighted by molar-refractivity contribution is -0.384. The van der Waals surface area contributed by atoms with Gasteiger partial charge in [0, 0.05) is 17.5 Å². The van der Waals surface area contributed by atoms with E-state index >= 15 is 0 Å². The van der Waals surface area contributed by atoms with Crippen LogP contribution in [-0.2, 0) is 6.42 Å². The van der Waals surface area contributed by atoms with Gasteiger partial charge in [0.15, 0.2) is 5.69 Å². The summed E-state index contributed by atoms with van der Waals surface area (Å²) >= 11 is 11.8. The van der Waals surface area contributed by atoms with Crippen molar-refractivity contribution in [2.24, 2.45) is 5.73 Å². The first kappa shape index (κ1) is 13.7. The lowest BCUT2D eigenvalue weighted by Gasteiger charge is -2.05. The second kappa shape index (κ2) is 5.52. The Morgan fingerprint density at radius 3 is 2.79 bits per heavy atom. The van der Waals surface area contributed by atoms with Gasteiger partial charge in [-0.1, -0.05) is 28.4 Å². The number of hydrogen-bond donors (Lipinski definition) is 1. The lowest BCUT2D eigenvalue weighted by atomic mass is 10.2. The van der Waals surface area contributed by atoms with Crippen molar-refractivity contribution in [3.63, 3.8) is 0 Å². The van der Waals surface area contributed by atoms with E-state index in [1.165, 1.54) is 16.8 Å². The van der Waals surface area contributed by atoms with Crippen molar-refractivity contribution in [3.8, 4) is 5.69 Å². The predicted octanol–water partition coefficient (Wildman–Crippen LogP) is 1.98. The average molecular weight is 302 g/mol. The molecule has 2 rings (SSSR count). The zero-order chi connectivity index (χ0) is 14.0. The molecule has 0 spiro atoms. The van der Waals surface area contributed by atoms with Crippen LogP contribution in [0.5, 0.6) is 0 Å². The number of rotatable bonds is 4.